The lowest BCUT2D eigenvalue weighted by atomic mass is 10.1. The number of non-ortho nitro benzene ring substituents is 1. The van der Waals surface area contributed by atoms with Crippen molar-refractivity contribution in [1.29, 1.82) is 0 Å². The number of nitrogens with zero attached hydrogens (tertiary/aromatic N) is 3. The minimum absolute atomic E-state index is 0.00683. The van der Waals surface area contributed by atoms with Gasteiger partial charge in [-0.3, -0.25) is 30.0 Å². The average Bonchev–Trinajstić information content (AvgIpc) is 2.72. The SMILES string of the molecule is COc1cc(NC(=O)COc2ccc([N+](=O)[O-])c3cccnc23)c(C)cc1[N+](=O)[O-]. The predicted molar refractivity (Wildman–Crippen MR) is 107 cm³/mol. The first kappa shape index (κ1) is 20.5. The van der Waals surface area contributed by atoms with Gasteiger partial charge in [-0.05, 0) is 30.7 Å². The number of pyridine rings is 1. The van der Waals surface area contributed by atoms with Gasteiger partial charge in [0.2, 0.25) is 0 Å². The molecule has 0 bridgehead atoms. The van der Waals surface area contributed by atoms with Crippen LogP contribution in [0.25, 0.3) is 10.9 Å². The molecule has 0 spiro atoms. The minimum Gasteiger partial charge on any atom is -0.490 e. The van der Waals surface area contributed by atoms with Crippen LogP contribution >= 0.6 is 0 Å². The van der Waals surface area contributed by atoms with Crippen LogP contribution in [-0.4, -0.2) is 34.5 Å². The molecule has 30 heavy (non-hydrogen) atoms. The summed E-state index contributed by atoms with van der Waals surface area (Å²) in [5.74, 6) is -0.312. The molecule has 11 nitrogen and oxygen atoms in total. The summed E-state index contributed by atoms with van der Waals surface area (Å²) in [6.45, 7) is 1.21. The number of nitro benzene ring substituents is 2. The lowest BCUT2D eigenvalue weighted by Crippen LogP contribution is -2.21. The van der Waals surface area contributed by atoms with Gasteiger partial charge in [0.15, 0.2) is 12.4 Å². The van der Waals surface area contributed by atoms with Crippen molar-refractivity contribution in [1.82, 2.24) is 4.98 Å². The van der Waals surface area contributed by atoms with Gasteiger partial charge in [-0.15, -0.1) is 0 Å². The summed E-state index contributed by atoms with van der Waals surface area (Å²) in [7, 11) is 1.29. The summed E-state index contributed by atoms with van der Waals surface area (Å²) >= 11 is 0. The van der Waals surface area contributed by atoms with Gasteiger partial charge in [-0.25, -0.2) is 0 Å². The number of nitro groups is 2. The molecular weight excluding hydrogens is 396 g/mol. The van der Waals surface area contributed by atoms with E-state index >= 15 is 0 Å². The minimum atomic E-state index is -0.576. The zero-order chi connectivity index (χ0) is 21.8. The van der Waals surface area contributed by atoms with Gasteiger partial charge in [0.25, 0.3) is 11.6 Å². The maximum atomic E-state index is 12.3. The van der Waals surface area contributed by atoms with E-state index in [1.54, 1.807) is 19.1 Å². The fourth-order valence-corrected chi connectivity index (χ4v) is 2.85. The lowest BCUT2D eigenvalue weighted by Gasteiger charge is -2.12. The number of amides is 1. The first-order valence-corrected chi connectivity index (χ1v) is 8.59. The molecule has 0 fully saturated rings. The van der Waals surface area contributed by atoms with Crippen molar-refractivity contribution in [3.63, 3.8) is 0 Å². The highest BCUT2D eigenvalue weighted by molar-refractivity contribution is 5.95. The van der Waals surface area contributed by atoms with Crippen LogP contribution in [0.1, 0.15) is 5.56 Å². The molecule has 2 aromatic carbocycles. The van der Waals surface area contributed by atoms with Crippen molar-refractivity contribution < 1.29 is 24.1 Å². The molecule has 0 aliphatic rings. The molecule has 1 amide bonds. The number of benzene rings is 2. The van der Waals surface area contributed by atoms with E-state index in [0.29, 0.717) is 11.3 Å². The Labute approximate surface area is 169 Å². The Kier molecular flexibility index (Phi) is 5.72. The number of nitrogens with one attached hydrogen (secondary N) is 1. The Bertz CT molecular complexity index is 1160. The lowest BCUT2D eigenvalue weighted by molar-refractivity contribution is -0.385. The van der Waals surface area contributed by atoms with Crippen molar-refractivity contribution in [2.45, 2.75) is 6.92 Å². The van der Waals surface area contributed by atoms with Crippen molar-refractivity contribution in [2.24, 2.45) is 0 Å². The summed E-state index contributed by atoms with van der Waals surface area (Å²) in [5, 5.41) is 25.1. The Balaban J connectivity index is 1.78. The molecule has 11 heteroatoms. The van der Waals surface area contributed by atoms with Crippen LogP contribution < -0.4 is 14.8 Å². The number of ether oxygens (including phenoxy) is 2. The molecule has 3 aromatic rings. The van der Waals surface area contributed by atoms with Crippen LogP contribution in [0.2, 0.25) is 0 Å². The summed E-state index contributed by atoms with van der Waals surface area (Å²) in [5.41, 5.74) is 0.722. The van der Waals surface area contributed by atoms with E-state index in [1.165, 1.54) is 37.6 Å². The van der Waals surface area contributed by atoms with Gasteiger partial charge in [0.1, 0.15) is 11.3 Å². The second-order valence-electron chi connectivity index (χ2n) is 6.17. The van der Waals surface area contributed by atoms with Gasteiger partial charge in [-0.2, -0.15) is 0 Å². The number of hydrogen-bond donors (Lipinski definition) is 1. The van der Waals surface area contributed by atoms with Crippen LogP contribution in [0.3, 0.4) is 0 Å². The normalized spacial score (nSPS) is 10.5. The fourth-order valence-electron chi connectivity index (χ4n) is 2.85. The number of hydrogen-bond acceptors (Lipinski definition) is 8. The average molecular weight is 412 g/mol. The van der Waals surface area contributed by atoms with E-state index in [1.807, 2.05) is 0 Å². The molecule has 0 atom stereocenters. The zero-order valence-electron chi connectivity index (χ0n) is 15.9. The standard InChI is InChI=1S/C19H16N4O7/c1-11-8-15(23(27)28)17(29-2)9-13(11)21-18(24)10-30-16-6-5-14(22(25)26)12-4-3-7-20-19(12)16/h3-9H,10H2,1-2H3,(H,21,24). The quantitative estimate of drug-likeness (QED) is 0.459. The second-order valence-corrected chi connectivity index (χ2v) is 6.17. The highest BCUT2D eigenvalue weighted by Crippen LogP contribution is 2.33. The molecule has 0 saturated carbocycles. The molecule has 1 N–H and O–H groups in total. The molecule has 0 aliphatic carbocycles. The largest absolute Gasteiger partial charge is 0.490 e. The monoisotopic (exact) mass is 412 g/mol. The number of fused-ring (bicyclic) bond motifs is 1. The van der Waals surface area contributed by atoms with Gasteiger partial charge in [0.05, 0.1) is 22.3 Å². The second kappa shape index (κ2) is 8.39. The molecule has 0 saturated heterocycles. The van der Waals surface area contributed by atoms with E-state index in [-0.39, 0.29) is 33.8 Å². The van der Waals surface area contributed by atoms with E-state index < -0.39 is 22.4 Å². The molecule has 0 radical (unpaired) electrons. The van der Waals surface area contributed by atoms with Gasteiger partial charge < -0.3 is 14.8 Å². The van der Waals surface area contributed by atoms with Crippen LogP contribution in [0.4, 0.5) is 17.1 Å². The van der Waals surface area contributed by atoms with Crippen molar-refractivity contribution in [3.8, 4) is 11.5 Å². The Morgan fingerprint density at radius 3 is 2.50 bits per heavy atom. The Morgan fingerprint density at radius 1 is 1.10 bits per heavy atom. The number of anilines is 1. The van der Waals surface area contributed by atoms with Crippen LogP contribution in [0.5, 0.6) is 11.5 Å². The molecule has 154 valence electrons. The number of carbonyl (C=O) groups excluding carboxylic acids is 1. The van der Waals surface area contributed by atoms with E-state index in [0.717, 1.165) is 0 Å². The van der Waals surface area contributed by atoms with E-state index in [4.69, 9.17) is 9.47 Å². The number of carbonyl (C=O) groups is 1. The summed E-state index contributed by atoms with van der Waals surface area (Å²) in [6, 6.07) is 8.41. The van der Waals surface area contributed by atoms with Crippen molar-refractivity contribution in [2.75, 3.05) is 19.0 Å². The van der Waals surface area contributed by atoms with Crippen molar-refractivity contribution >= 4 is 33.9 Å². The topological polar surface area (TPSA) is 147 Å². The molecule has 1 heterocycles. The van der Waals surface area contributed by atoms with Crippen LogP contribution in [0, 0.1) is 27.2 Å². The maximum absolute atomic E-state index is 12.3. The van der Waals surface area contributed by atoms with Gasteiger partial charge >= 0.3 is 5.69 Å². The molecule has 3 rings (SSSR count). The zero-order valence-corrected chi connectivity index (χ0v) is 15.9. The highest BCUT2D eigenvalue weighted by Gasteiger charge is 2.19. The van der Waals surface area contributed by atoms with Crippen LogP contribution in [0.15, 0.2) is 42.6 Å². The first-order valence-electron chi connectivity index (χ1n) is 8.59. The molecular formula is C19H16N4O7. The number of aromatic nitrogens is 1. The highest BCUT2D eigenvalue weighted by atomic mass is 16.6. The Morgan fingerprint density at radius 2 is 1.83 bits per heavy atom. The third-order valence-corrected chi connectivity index (χ3v) is 4.26. The third-order valence-electron chi connectivity index (χ3n) is 4.26. The van der Waals surface area contributed by atoms with E-state index in [9.17, 15) is 25.0 Å². The molecule has 1 aromatic heterocycles. The van der Waals surface area contributed by atoms with Gasteiger partial charge in [-0.1, -0.05) is 0 Å². The first-order chi connectivity index (χ1) is 14.3. The summed E-state index contributed by atoms with van der Waals surface area (Å²) < 4.78 is 10.5. The predicted octanol–water partition coefficient (Wildman–Crippen LogP) is 3.39. The van der Waals surface area contributed by atoms with Crippen molar-refractivity contribution in [3.05, 3.63) is 68.4 Å². The van der Waals surface area contributed by atoms with Gasteiger partial charge in [0, 0.05) is 30.1 Å². The fraction of sp³-hybridized carbons (Fsp3) is 0.158. The molecule has 0 unspecified atom stereocenters. The van der Waals surface area contributed by atoms with E-state index in [2.05, 4.69) is 10.3 Å². The maximum Gasteiger partial charge on any atom is 0.311 e. The summed E-state index contributed by atoms with van der Waals surface area (Å²) in [6.07, 6.45) is 1.46. The smallest absolute Gasteiger partial charge is 0.311 e. The van der Waals surface area contributed by atoms with Crippen LogP contribution in [-0.2, 0) is 4.79 Å². The third kappa shape index (κ3) is 4.09. The number of aryl methyl sites for hydroxylation is 1. The number of methoxy groups -OCH3 is 1. The summed E-state index contributed by atoms with van der Waals surface area (Å²) in [4.78, 5) is 37.6. The number of rotatable bonds is 7. The molecule has 0 aliphatic heterocycles. The Hall–Kier alpha value is -4.28.